The van der Waals surface area contributed by atoms with E-state index in [0.717, 1.165) is 16.7 Å². The van der Waals surface area contributed by atoms with Gasteiger partial charge in [-0.15, -0.1) is 0 Å². The second kappa shape index (κ2) is 6.08. The topological polar surface area (TPSA) is 110 Å². The van der Waals surface area contributed by atoms with Gasteiger partial charge in [-0.2, -0.15) is 0 Å². The van der Waals surface area contributed by atoms with Gasteiger partial charge in [0, 0.05) is 4.90 Å². The number of aromatic hydroxyl groups is 1. The molecule has 2 rings (SSSR count). The zero-order chi connectivity index (χ0) is 14.0. The molecule has 0 amide bonds. The van der Waals surface area contributed by atoms with Crippen molar-refractivity contribution in [3.05, 3.63) is 24.3 Å². The number of ether oxygens (including phenoxy) is 1. The lowest BCUT2D eigenvalue weighted by Crippen LogP contribution is -2.57. The van der Waals surface area contributed by atoms with Gasteiger partial charge in [0.05, 0.1) is 6.61 Å². The number of benzene rings is 1. The molecule has 1 aliphatic rings. The third-order valence-electron chi connectivity index (χ3n) is 2.94. The minimum atomic E-state index is -1.37. The molecule has 0 aromatic heterocycles. The summed E-state index contributed by atoms with van der Waals surface area (Å²) >= 11 is 1.14. The molecule has 1 saturated heterocycles. The first-order chi connectivity index (χ1) is 9.02. The summed E-state index contributed by atoms with van der Waals surface area (Å²) in [7, 11) is 0. The highest BCUT2D eigenvalue weighted by molar-refractivity contribution is 7.99. The normalized spacial score (nSPS) is 35.3. The summed E-state index contributed by atoms with van der Waals surface area (Å²) in [5.41, 5.74) is -0.805. The first-order valence-electron chi connectivity index (χ1n) is 5.79. The Morgan fingerprint density at radius 2 is 1.63 bits per heavy atom. The Kier molecular flexibility index (Phi) is 4.67. The van der Waals surface area contributed by atoms with E-state index in [-0.39, 0.29) is 5.75 Å². The van der Waals surface area contributed by atoms with E-state index < -0.39 is 36.5 Å². The Morgan fingerprint density at radius 3 is 2.21 bits per heavy atom. The van der Waals surface area contributed by atoms with Crippen LogP contribution in [0.5, 0.6) is 5.75 Å². The second-order valence-corrected chi connectivity index (χ2v) is 5.48. The van der Waals surface area contributed by atoms with Crippen molar-refractivity contribution in [1.82, 2.24) is 0 Å². The highest BCUT2D eigenvalue weighted by Crippen LogP contribution is 2.33. The molecule has 0 radical (unpaired) electrons. The summed E-state index contributed by atoms with van der Waals surface area (Å²) in [6.45, 7) is -0.447. The van der Waals surface area contributed by atoms with Crippen LogP contribution < -0.4 is 0 Å². The number of hydrogen-bond acceptors (Lipinski definition) is 7. The predicted octanol–water partition coefficient (Wildman–Crippen LogP) is -0.716. The lowest BCUT2D eigenvalue weighted by Gasteiger charge is -2.39. The number of aliphatic hydroxyl groups excluding tert-OH is 4. The van der Waals surface area contributed by atoms with Crippen LogP contribution in [0, 0.1) is 0 Å². The molecule has 0 spiro atoms. The Bertz CT molecular complexity index is 409. The van der Waals surface area contributed by atoms with Gasteiger partial charge in [-0.05, 0) is 24.3 Å². The van der Waals surface area contributed by atoms with Crippen molar-refractivity contribution in [3.8, 4) is 5.75 Å². The summed E-state index contributed by atoms with van der Waals surface area (Å²) in [6, 6.07) is 6.27. The Morgan fingerprint density at radius 1 is 1.00 bits per heavy atom. The molecule has 106 valence electrons. The molecular weight excluding hydrogens is 272 g/mol. The van der Waals surface area contributed by atoms with Crippen LogP contribution in [-0.2, 0) is 4.74 Å². The molecule has 1 aromatic carbocycles. The first-order valence-corrected chi connectivity index (χ1v) is 6.67. The zero-order valence-electron chi connectivity index (χ0n) is 9.96. The fourth-order valence-corrected chi connectivity index (χ4v) is 2.88. The van der Waals surface area contributed by atoms with Gasteiger partial charge in [0.25, 0.3) is 0 Å². The number of aliphatic hydroxyl groups is 4. The quantitative estimate of drug-likeness (QED) is 0.499. The van der Waals surface area contributed by atoms with Gasteiger partial charge < -0.3 is 30.3 Å². The summed E-state index contributed by atoms with van der Waals surface area (Å²) in [6.07, 6.45) is -4.90. The molecule has 1 heterocycles. The maximum absolute atomic E-state index is 9.85. The van der Waals surface area contributed by atoms with Crippen molar-refractivity contribution in [2.24, 2.45) is 0 Å². The fraction of sp³-hybridized carbons (Fsp3) is 0.500. The Hall–Kier alpha value is -0.830. The van der Waals surface area contributed by atoms with Crippen molar-refractivity contribution >= 4 is 11.8 Å². The molecule has 1 aliphatic heterocycles. The van der Waals surface area contributed by atoms with Crippen LogP contribution in [0.1, 0.15) is 0 Å². The fourth-order valence-electron chi connectivity index (χ4n) is 1.82. The third kappa shape index (κ3) is 3.19. The highest BCUT2D eigenvalue weighted by Gasteiger charge is 2.43. The van der Waals surface area contributed by atoms with Gasteiger partial charge in [0.15, 0.2) is 0 Å². The number of rotatable bonds is 3. The largest absolute Gasteiger partial charge is 0.508 e. The van der Waals surface area contributed by atoms with Gasteiger partial charge in [0.2, 0.25) is 0 Å². The van der Waals surface area contributed by atoms with Gasteiger partial charge in [-0.1, -0.05) is 11.8 Å². The Labute approximate surface area is 114 Å². The average molecular weight is 288 g/mol. The van der Waals surface area contributed by atoms with Gasteiger partial charge >= 0.3 is 0 Å². The molecule has 0 bridgehead atoms. The van der Waals surface area contributed by atoms with Crippen molar-refractivity contribution in [3.63, 3.8) is 0 Å². The van der Waals surface area contributed by atoms with Crippen molar-refractivity contribution in [1.29, 1.82) is 0 Å². The van der Waals surface area contributed by atoms with Crippen molar-refractivity contribution in [2.45, 2.75) is 34.7 Å². The maximum Gasteiger partial charge on any atom is 0.136 e. The van der Waals surface area contributed by atoms with Crippen LogP contribution >= 0.6 is 11.8 Å². The van der Waals surface area contributed by atoms with Crippen LogP contribution in [0.2, 0.25) is 0 Å². The average Bonchev–Trinajstić information content (AvgIpc) is 2.42. The molecule has 7 heteroatoms. The molecular formula is C12H16O6S. The standard InChI is InChI=1S/C12H16O6S/c13-5-8-9(15)10(16)11(17)12(18-8)19-7-3-1-6(14)2-4-7/h1-4,8-17H,5H2/t8-,9-,10+,11-,12+/m1/s1. The van der Waals surface area contributed by atoms with E-state index >= 15 is 0 Å². The number of phenols is 1. The van der Waals surface area contributed by atoms with E-state index in [1.54, 1.807) is 12.1 Å². The van der Waals surface area contributed by atoms with E-state index in [4.69, 9.17) is 9.84 Å². The van der Waals surface area contributed by atoms with Gasteiger partial charge in [-0.3, -0.25) is 0 Å². The number of phenolic OH excluding ortho intramolecular Hbond substituents is 1. The number of hydrogen-bond donors (Lipinski definition) is 5. The van der Waals surface area contributed by atoms with E-state index in [1.165, 1.54) is 12.1 Å². The molecule has 5 N–H and O–H groups in total. The highest BCUT2D eigenvalue weighted by atomic mass is 32.2. The van der Waals surface area contributed by atoms with Crippen molar-refractivity contribution < 1.29 is 30.3 Å². The van der Waals surface area contributed by atoms with Crippen LogP contribution in [0.4, 0.5) is 0 Å². The number of thioether (sulfide) groups is 1. The van der Waals surface area contributed by atoms with Gasteiger partial charge in [0.1, 0.15) is 35.6 Å². The van der Waals surface area contributed by atoms with E-state index in [2.05, 4.69) is 0 Å². The first kappa shape index (κ1) is 14.6. The van der Waals surface area contributed by atoms with Crippen LogP contribution in [0.25, 0.3) is 0 Å². The molecule has 0 unspecified atom stereocenters. The summed E-state index contributed by atoms with van der Waals surface area (Å²) < 4.78 is 5.36. The second-order valence-electron chi connectivity index (χ2n) is 4.31. The van der Waals surface area contributed by atoms with Crippen LogP contribution in [0.3, 0.4) is 0 Å². The van der Waals surface area contributed by atoms with Gasteiger partial charge in [-0.25, -0.2) is 0 Å². The zero-order valence-corrected chi connectivity index (χ0v) is 10.8. The minimum Gasteiger partial charge on any atom is -0.508 e. The molecule has 1 aromatic rings. The molecule has 0 saturated carbocycles. The smallest absolute Gasteiger partial charge is 0.136 e. The van der Waals surface area contributed by atoms with Crippen LogP contribution in [0.15, 0.2) is 29.2 Å². The molecule has 0 aliphatic carbocycles. The molecule has 1 fully saturated rings. The lowest BCUT2D eigenvalue weighted by atomic mass is 10.0. The lowest BCUT2D eigenvalue weighted by molar-refractivity contribution is -0.205. The summed E-state index contributed by atoms with van der Waals surface area (Å²) in [5, 5.41) is 47.4. The van der Waals surface area contributed by atoms with Crippen LogP contribution in [-0.4, -0.2) is 62.0 Å². The summed E-state index contributed by atoms with van der Waals surface area (Å²) in [4.78, 5) is 0.724. The summed E-state index contributed by atoms with van der Waals surface area (Å²) in [5.74, 6) is 0.123. The minimum absolute atomic E-state index is 0.123. The predicted molar refractivity (Wildman–Crippen MR) is 67.7 cm³/mol. The monoisotopic (exact) mass is 288 g/mol. The van der Waals surface area contributed by atoms with E-state index in [0.29, 0.717) is 0 Å². The molecule has 6 nitrogen and oxygen atoms in total. The SMILES string of the molecule is OC[C@H]1O[C@@H](Sc2ccc(O)cc2)[C@H](O)[C@@H](O)[C@@H]1O. The molecule has 19 heavy (non-hydrogen) atoms. The van der Waals surface area contributed by atoms with Crippen molar-refractivity contribution in [2.75, 3.05) is 6.61 Å². The Balaban J connectivity index is 2.08. The molecule has 5 atom stereocenters. The maximum atomic E-state index is 9.85. The van der Waals surface area contributed by atoms with E-state index in [1.807, 2.05) is 0 Å². The third-order valence-corrected chi connectivity index (χ3v) is 4.10. The van der Waals surface area contributed by atoms with E-state index in [9.17, 15) is 20.4 Å².